The summed E-state index contributed by atoms with van der Waals surface area (Å²) < 4.78 is 4.54. The molecule has 3 heteroatoms. The number of nitrogens with one attached hydrogen (secondary N) is 1. The Bertz CT molecular complexity index is 403. The van der Waals surface area contributed by atoms with E-state index in [-0.39, 0.29) is 5.97 Å². The lowest BCUT2D eigenvalue weighted by molar-refractivity contribution is -0.134. The van der Waals surface area contributed by atoms with Gasteiger partial charge in [-0.2, -0.15) is 0 Å². The van der Waals surface area contributed by atoms with Gasteiger partial charge in [-0.3, -0.25) is 0 Å². The molecule has 90 valence electrons. The van der Waals surface area contributed by atoms with Crippen LogP contribution < -0.4 is 5.32 Å². The fourth-order valence-corrected chi connectivity index (χ4v) is 2.04. The Balaban J connectivity index is 2.02. The molecule has 1 aromatic rings. The summed E-state index contributed by atoms with van der Waals surface area (Å²) in [5, 5.41) is 3.46. The lowest BCUT2D eigenvalue weighted by Gasteiger charge is -2.10. The van der Waals surface area contributed by atoms with Gasteiger partial charge in [0, 0.05) is 12.1 Å². The molecule has 1 heterocycles. The fourth-order valence-electron chi connectivity index (χ4n) is 2.04. The highest BCUT2D eigenvalue weighted by atomic mass is 16.5. The molecule has 2 rings (SSSR count). The standard InChI is InChI=1S/C14H17NO2/c1-17-14(16)9-6-11-4-7-12(8-5-11)13-3-2-10-15-13/h4-9,13,15H,2-3,10H2,1H3/t13-/m1/s1. The van der Waals surface area contributed by atoms with Crippen molar-refractivity contribution in [1.82, 2.24) is 5.32 Å². The monoisotopic (exact) mass is 231 g/mol. The summed E-state index contributed by atoms with van der Waals surface area (Å²) in [6, 6.07) is 8.76. The number of esters is 1. The molecule has 0 aliphatic carbocycles. The van der Waals surface area contributed by atoms with Crippen LogP contribution in [0.3, 0.4) is 0 Å². The lowest BCUT2D eigenvalue weighted by Crippen LogP contribution is -2.12. The Hall–Kier alpha value is -1.61. The quantitative estimate of drug-likeness (QED) is 0.640. The van der Waals surface area contributed by atoms with Gasteiger partial charge in [-0.15, -0.1) is 0 Å². The Morgan fingerprint density at radius 1 is 1.41 bits per heavy atom. The van der Waals surface area contributed by atoms with E-state index in [2.05, 4.69) is 22.2 Å². The largest absolute Gasteiger partial charge is 0.466 e. The van der Waals surface area contributed by atoms with Crippen LogP contribution in [0.25, 0.3) is 6.08 Å². The van der Waals surface area contributed by atoms with Crippen molar-refractivity contribution in [2.24, 2.45) is 0 Å². The minimum Gasteiger partial charge on any atom is -0.466 e. The minimum atomic E-state index is -0.327. The molecule has 3 nitrogen and oxygen atoms in total. The summed E-state index contributed by atoms with van der Waals surface area (Å²) in [6.07, 6.45) is 5.65. The fraction of sp³-hybridized carbons (Fsp3) is 0.357. The molecule has 0 unspecified atom stereocenters. The van der Waals surface area contributed by atoms with Gasteiger partial charge in [-0.1, -0.05) is 24.3 Å². The van der Waals surface area contributed by atoms with Crippen LogP contribution in [0.15, 0.2) is 30.3 Å². The molecule has 0 amide bonds. The van der Waals surface area contributed by atoms with E-state index in [0.717, 1.165) is 12.1 Å². The third-order valence-electron chi connectivity index (χ3n) is 3.01. The Kier molecular flexibility index (Phi) is 3.94. The second-order valence-electron chi connectivity index (χ2n) is 4.17. The van der Waals surface area contributed by atoms with Crippen LogP contribution >= 0.6 is 0 Å². The number of methoxy groups -OCH3 is 1. The van der Waals surface area contributed by atoms with E-state index < -0.39 is 0 Å². The van der Waals surface area contributed by atoms with Gasteiger partial charge in [0.1, 0.15) is 0 Å². The molecule has 1 aromatic carbocycles. The van der Waals surface area contributed by atoms with Crippen molar-refractivity contribution >= 4 is 12.0 Å². The van der Waals surface area contributed by atoms with Crippen LogP contribution in [0.2, 0.25) is 0 Å². The highest BCUT2D eigenvalue weighted by Crippen LogP contribution is 2.23. The topological polar surface area (TPSA) is 38.3 Å². The van der Waals surface area contributed by atoms with E-state index >= 15 is 0 Å². The van der Waals surface area contributed by atoms with Crippen molar-refractivity contribution in [2.45, 2.75) is 18.9 Å². The van der Waals surface area contributed by atoms with Crippen molar-refractivity contribution < 1.29 is 9.53 Å². The zero-order chi connectivity index (χ0) is 12.1. The molecule has 0 aromatic heterocycles. The molecule has 1 atom stereocenters. The SMILES string of the molecule is COC(=O)C=Cc1ccc([C@H]2CCCN2)cc1. The number of benzene rings is 1. The molecule has 1 fully saturated rings. The maximum atomic E-state index is 10.9. The van der Waals surface area contributed by atoms with Gasteiger partial charge < -0.3 is 10.1 Å². The average molecular weight is 231 g/mol. The first-order valence-electron chi connectivity index (χ1n) is 5.89. The summed E-state index contributed by atoms with van der Waals surface area (Å²) in [5.74, 6) is -0.327. The summed E-state index contributed by atoms with van der Waals surface area (Å²) in [6.45, 7) is 1.11. The summed E-state index contributed by atoms with van der Waals surface area (Å²) in [7, 11) is 1.38. The number of hydrogen-bond donors (Lipinski definition) is 1. The summed E-state index contributed by atoms with van der Waals surface area (Å²) in [4.78, 5) is 10.9. The van der Waals surface area contributed by atoms with Gasteiger partial charge in [0.25, 0.3) is 0 Å². The van der Waals surface area contributed by atoms with Crippen molar-refractivity contribution in [3.8, 4) is 0 Å². The first kappa shape index (κ1) is 11.9. The first-order valence-corrected chi connectivity index (χ1v) is 5.89. The van der Waals surface area contributed by atoms with Crippen molar-refractivity contribution in [3.63, 3.8) is 0 Å². The Labute approximate surface area is 101 Å². The lowest BCUT2D eigenvalue weighted by atomic mass is 10.0. The second kappa shape index (κ2) is 5.64. The zero-order valence-electron chi connectivity index (χ0n) is 9.98. The molecule has 0 saturated carbocycles. The normalized spacial score (nSPS) is 19.7. The molecule has 1 aliphatic rings. The molecule has 0 bridgehead atoms. The van der Waals surface area contributed by atoms with E-state index in [4.69, 9.17) is 0 Å². The Morgan fingerprint density at radius 2 is 2.18 bits per heavy atom. The molecular formula is C14H17NO2. The van der Waals surface area contributed by atoms with E-state index in [0.29, 0.717) is 6.04 Å². The minimum absolute atomic E-state index is 0.327. The van der Waals surface area contributed by atoms with Crippen LogP contribution in [0.4, 0.5) is 0 Å². The van der Waals surface area contributed by atoms with Crippen LogP contribution in [-0.2, 0) is 9.53 Å². The predicted octanol–water partition coefficient (Wildman–Crippen LogP) is 2.30. The van der Waals surface area contributed by atoms with Gasteiger partial charge in [-0.05, 0) is 36.6 Å². The molecule has 17 heavy (non-hydrogen) atoms. The van der Waals surface area contributed by atoms with Gasteiger partial charge in [-0.25, -0.2) is 4.79 Å². The van der Waals surface area contributed by atoms with Gasteiger partial charge >= 0.3 is 5.97 Å². The third kappa shape index (κ3) is 3.17. The molecule has 0 spiro atoms. The van der Waals surface area contributed by atoms with E-state index in [1.165, 1.54) is 31.6 Å². The van der Waals surface area contributed by atoms with Crippen LogP contribution in [-0.4, -0.2) is 19.6 Å². The van der Waals surface area contributed by atoms with Crippen molar-refractivity contribution in [2.75, 3.05) is 13.7 Å². The van der Waals surface area contributed by atoms with E-state index in [9.17, 15) is 4.79 Å². The van der Waals surface area contributed by atoms with E-state index in [1.54, 1.807) is 6.08 Å². The highest BCUT2D eigenvalue weighted by Gasteiger charge is 2.15. The first-order chi connectivity index (χ1) is 8.29. The second-order valence-corrected chi connectivity index (χ2v) is 4.17. The molecule has 1 N–H and O–H groups in total. The molecule has 0 radical (unpaired) electrons. The average Bonchev–Trinajstić information content (AvgIpc) is 2.90. The molecule has 1 aliphatic heterocycles. The van der Waals surface area contributed by atoms with Gasteiger partial charge in [0.15, 0.2) is 0 Å². The third-order valence-corrected chi connectivity index (χ3v) is 3.01. The van der Waals surface area contributed by atoms with E-state index in [1.807, 2.05) is 12.1 Å². The maximum absolute atomic E-state index is 10.9. The smallest absolute Gasteiger partial charge is 0.330 e. The van der Waals surface area contributed by atoms with Crippen molar-refractivity contribution in [1.29, 1.82) is 0 Å². The molecule has 1 saturated heterocycles. The summed E-state index contributed by atoms with van der Waals surface area (Å²) >= 11 is 0. The van der Waals surface area contributed by atoms with Crippen LogP contribution in [0, 0.1) is 0 Å². The van der Waals surface area contributed by atoms with Gasteiger partial charge in [0.05, 0.1) is 7.11 Å². The number of rotatable bonds is 3. The number of hydrogen-bond acceptors (Lipinski definition) is 3. The number of carbonyl (C=O) groups excluding carboxylic acids is 1. The highest BCUT2D eigenvalue weighted by molar-refractivity contribution is 5.86. The maximum Gasteiger partial charge on any atom is 0.330 e. The van der Waals surface area contributed by atoms with Crippen molar-refractivity contribution in [3.05, 3.63) is 41.5 Å². The zero-order valence-corrected chi connectivity index (χ0v) is 9.98. The Morgan fingerprint density at radius 3 is 2.76 bits per heavy atom. The van der Waals surface area contributed by atoms with Crippen LogP contribution in [0.1, 0.15) is 30.0 Å². The van der Waals surface area contributed by atoms with Gasteiger partial charge in [0.2, 0.25) is 0 Å². The number of carbonyl (C=O) groups is 1. The molecular weight excluding hydrogens is 214 g/mol. The van der Waals surface area contributed by atoms with Crippen LogP contribution in [0.5, 0.6) is 0 Å². The summed E-state index contributed by atoms with van der Waals surface area (Å²) in [5.41, 5.74) is 2.33. The predicted molar refractivity (Wildman–Crippen MR) is 67.5 cm³/mol. The number of ether oxygens (including phenoxy) is 1.